The zero-order valence-corrected chi connectivity index (χ0v) is 17.3. The highest BCUT2D eigenvalue weighted by Gasteiger charge is 2.44. The van der Waals surface area contributed by atoms with Gasteiger partial charge in [0.2, 0.25) is 0 Å². The van der Waals surface area contributed by atoms with Crippen LogP contribution in [0.1, 0.15) is 18.4 Å². The standard InChI is InChI=1S/C23H25N3O5/c1-30-20-8-6-19(7-9-20)18-4-2-17(3-5-18)10-13-26(16-24)21(27)23(25-22(28)29)11-14-31-15-12-23/h2-9,25H,10-15H2,1H3,(H,28,29). The lowest BCUT2D eigenvalue weighted by atomic mass is 9.88. The highest BCUT2D eigenvalue weighted by Crippen LogP contribution is 2.25. The summed E-state index contributed by atoms with van der Waals surface area (Å²) in [6, 6.07) is 15.6. The molecule has 3 rings (SSSR count). The van der Waals surface area contributed by atoms with Crippen molar-refractivity contribution >= 4 is 12.0 Å². The van der Waals surface area contributed by atoms with Gasteiger partial charge in [-0.05, 0) is 35.2 Å². The number of benzene rings is 2. The largest absolute Gasteiger partial charge is 0.497 e. The number of hydrogen-bond acceptors (Lipinski definition) is 5. The van der Waals surface area contributed by atoms with E-state index in [4.69, 9.17) is 9.47 Å². The zero-order chi connectivity index (χ0) is 22.3. The highest BCUT2D eigenvalue weighted by molar-refractivity contribution is 5.90. The Balaban J connectivity index is 1.66. The van der Waals surface area contributed by atoms with E-state index in [0.29, 0.717) is 6.42 Å². The van der Waals surface area contributed by atoms with Crippen LogP contribution in [-0.4, -0.2) is 54.4 Å². The van der Waals surface area contributed by atoms with E-state index in [-0.39, 0.29) is 32.6 Å². The minimum absolute atomic E-state index is 0.168. The Hall–Kier alpha value is -3.57. The Kier molecular flexibility index (Phi) is 7.11. The Morgan fingerprint density at radius 2 is 1.71 bits per heavy atom. The average molecular weight is 423 g/mol. The van der Waals surface area contributed by atoms with E-state index < -0.39 is 17.5 Å². The number of methoxy groups -OCH3 is 1. The summed E-state index contributed by atoms with van der Waals surface area (Å²) in [5.74, 6) is 0.261. The molecule has 8 nitrogen and oxygen atoms in total. The Labute approximate surface area is 181 Å². The molecule has 1 fully saturated rings. The van der Waals surface area contributed by atoms with Gasteiger partial charge in [0, 0.05) is 32.6 Å². The van der Waals surface area contributed by atoms with Crippen LogP contribution in [0.2, 0.25) is 0 Å². The van der Waals surface area contributed by atoms with Crippen molar-refractivity contribution in [3.63, 3.8) is 0 Å². The molecule has 1 aliphatic heterocycles. The number of carbonyl (C=O) groups is 2. The quantitative estimate of drug-likeness (QED) is 0.523. The minimum atomic E-state index is -1.32. The van der Waals surface area contributed by atoms with Crippen molar-refractivity contribution in [2.75, 3.05) is 26.9 Å². The molecule has 31 heavy (non-hydrogen) atoms. The molecule has 0 spiro atoms. The van der Waals surface area contributed by atoms with Crippen molar-refractivity contribution in [2.24, 2.45) is 0 Å². The average Bonchev–Trinajstić information content (AvgIpc) is 2.80. The molecule has 0 aromatic heterocycles. The molecule has 0 atom stereocenters. The fourth-order valence-electron chi connectivity index (χ4n) is 3.66. The second-order valence-corrected chi connectivity index (χ2v) is 7.36. The van der Waals surface area contributed by atoms with Gasteiger partial charge in [0.25, 0.3) is 5.91 Å². The third kappa shape index (κ3) is 5.32. The number of nitrogens with one attached hydrogen (secondary N) is 1. The van der Waals surface area contributed by atoms with E-state index in [1.807, 2.05) is 54.7 Å². The predicted molar refractivity (Wildman–Crippen MR) is 113 cm³/mol. The predicted octanol–water partition coefficient (Wildman–Crippen LogP) is 3.03. The fourth-order valence-corrected chi connectivity index (χ4v) is 3.66. The van der Waals surface area contributed by atoms with E-state index >= 15 is 0 Å². The molecule has 0 unspecified atom stereocenters. The molecular weight excluding hydrogens is 398 g/mol. The number of ether oxygens (including phenoxy) is 2. The zero-order valence-electron chi connectivity index (χ0n) is 17.3. The highest BCUT2D eigenvalue weighted by atomic mass is 16.5. The SMILES string of the molecule is COc1ccc(-c2ccc(CCN(C#N)C(=O)C3(NC(=O)O)CCOCC3)cc2)cc1. The molecule has 1 saturated heterocycles. The van der Waals surface area contributed by atoms with Crippen LogP contribution in [0.4, 0.5) is 4.79 Å². The number of amides is 2. The summed E-state index contributed by atoms with van der Waals surface area (Å²) in [5, 5.41) is 21.0. The molecule has 162 valence electrons. The summed E-state index contributed by atoms with van der Waals surface area (Å²) in [5.41, 5.74) is 1.75. The van der Waals surface area contributed by atoms with Crippen molar-refractivity contribution < 1.29 is 24.2 Å². The van der Waals surface area contributed by atoms with Gasteiger partial charge < -0.3 is 19.9 Å². The van der Waals surface area contributed by atoms with E-state index in [1.54, 1.807) is 7.11 Å². The van der Waals surface area contributed by atoms with Crippen LogP contribution >= 0.6 is 0 Å². The van der Waals surface area contributed by atoms with Crippen molar-refractivity contribution in [1.82, 2.24) is 10.2 Å². The van der Waals surface area contributed by atoms with Crippen LogP contribution in [0.3, 0.4) is 0 Å². The lowest BCUT2D eigenvalue weighted by molar-refractivity contribution is -0.139. The third-order valence-electron chi connectivity index (χ3n) is 5.47. The monoisotopic (exact) mass is 423 g/mol. The van der Waals surface area contributed by atoms with Crippen molar-refractivity contribution in [3.05, 3.63) is 54.1 Å². The van der Waals surface area contributed by atoms with E-state index in [2.05, 4.69) is 5.32 Å². The maximum atomic E-state index is 13.0. The van der Waals surface area contributed by atoms with Gasteiger partial charge in [-0.2, -0.15) is 5.26 Å². The molecule has 0 radical (unpaired) electrons. The van der Waals surface area contributed by atoms with Crippen LogP contribution in [0, 0.1) is 11.5 Å². The third-order valence-corrected chi connectivity index (χ3v) is 5.47. The Morgan fingerprint density at radius 3 is 2.23 bits per heavy atom. The molecular formula is C23H25N3O5. The molecule has 2 aromatic rings. The second kappa shape index (κ2) is 9.96. The maximum absolute atomic E-state index is 13.0. The van der Waals surface area contributed by atoms with Gasteiger partial charge in [0.15, 0.2) is 6.19 Å². The summed E-state index contributed by atoms with van der Waals surface area (Å²) < 4.78 is 10.4. The summed E-state index contributed by atoms with van der Waals surface area (Å²) in [4.78, 5) is 25.3. The van der Waals surface area contributed by atoms with Gasteiger partial charge in [-0.3, -0.25) is 4.79 Å². The molecule has 0 bridgehead atoms. The summed E-state index contributed by atoms with van der Waals surface area (Å²) in [6.07, 6.45) is 1.50. The number of carbonyl (C=O) groups excluding carboxylic acids is 1. The minimum Gasteiger partial charge on any atom is -0.497 e. The van der Waals surface area contributed by atoms with Crippen LogP contribution in [0.25, 0.3) is 11.1 Å². The summed E-state index contributed by atoms with van der Waals surface area (Å²) >= 11 is 0. The lowest BCUT2D eigenvalue weighted by Gasteiger charge is -2.37. The summed E-state index contributed by atoms with van der Waals surface area (Å²) in [6.45, 7) is 0.692. The topological polar surface area (TPSA) is 112 Å². The molecule has 1 heterocycles. The van der Waals surface area contributed by atoms with Crippen molar-refractivity contribution in [3.8, 4) is 23.1 Å². The van der Waals surface area contributed by atoms with Gasteiger partial charge in [0.1, 0.15) is 11.3 Å². The van der Waals surface area contributed by atoms with Crippen LogP contribution in [-0.2, 0) is 16.0 Å². The first-order valence-corrected chi connectivity index (χ1v) is 10.0. The number of carboxylic acid groups (broad SMARTS) is 1. The number of hydrogen-bond donors (Lipinski definition) is 2. The smallest absolute Gasteiger partial charge is 0.405 e. The van der Waals surface area contributed by atoms with Gasteiger partial charge in [0.05, 0.1) is 7.11 Å². The molecule has 2 aromatic carbocycles. The first kappa shape index (κ1) is 22.1. The van der Waals surface area contributed by atoms with Crippen molar-refractivity contribution in [1.29, 1.82) is 5.26 Å². The maximum Gasteiger partial charge on any atom is 0.405 e. The van der Waals surface area contributed by atoms with E-state index in [1.165, 1.54) is 0 Å². The number of nitrogens with zero attached hydrogens (tertiary/aromatic N) is 2. The van der Waals surface area contributed by atoms with Gasteiger partial charge in [-0.1, -0.05) is 36.4 Å². The first-order valence-electron chi connectivity index (χ1n) is 10.0. The number of nitriles is 1. The van der Waals surface area contributed by atoms with Crippen LogP contribution in [0.15, 0.2) is 48.5 Å². The molecule has 0 aliphatic carbocycles. The van der Waals surface area contributed by atoms with Gasteiger partial charge in [-0.15, -0.1) is 0 Å². The molecule has 1 aliphatic rings. The number of rotatable bonds is 7. The van der Waals surface area contributed by atoms with E-state index in [9.17, 15) is 20.0 Å². The normalized spacial score (nSPS) is 14.8. The molecule has 8 heteroatoms. The molecule has 0 saturated carbocycles. The Morgan fingerprint density at radius 1 is 1.13 bits per heavy atom. The van der Waals surface area contributed by atoms with Gasteiger partial charge in [-0.25, -0.2) is 9.69 Å². The van der Waals surface area contributed by atoms with Crippen LogP contribution in [0.5, 0.6) is 5.75 Å². The lowest BCUT2D eigenvalue weighted by Crippen LogP contribution is -2.61. The Bertz CT molecular complexity index is 945. The fraction of sp³-hybridized carbons (Fsp3) is 0.348. The first-order chi connectivity index (χ1) is 15.0. The van der Waals surface area contributed by atoms with Gasteiger partial charge >= 0.3 is 6.09 Å². The molecule has 2 amide bonds. The molecule has 2 N–H and O–H groups in total. The van der Waals surface area contributed by atoms with E-state index in [0.717, 1.165) is 27.3 Å². The summed E-state index contributed by atoms with van der Waals surface area (Å²) in [7, 11) is 1.63. The van der Waals surface area contributed by atoms with Crippen LogP contribution < -0.4 is 10.1 Å². The van der Waals surface area contributed by atoms with Crippen molar-refractivity contribution in [2.45, 2.75) is 24.8 Å². The second-order valence-electron chi connectivity index (χ2n) is 7.36.